The molecule has 1 atom stereocenters. The molecule has 0 spiro atoms. The van der Waals surface area contributed by atoms with Gasteiger partial charge in [0.1, 0.15) is 5.25 Å². The Balaban J connectivity index is 2.66. The van der Waals surface area contributed by atoms with Gasteiger partial charge in [0.05, 0.1) is 0 Å². The molecule has 5 nitrogen and oxygen atoms in total. The van der Waals surface area contributed by atoms with Gasteiger partial charge in [0.25, 0.3) is 0 Å². The third-order valence-corrected chi connectivity index (χ3v) is 6.63. The Morgan fingerprint density at radius 1 is 1.09 bits per heavy atom. The standard InChI is InChI=1S/C16H32N2O3S/c1-5-22(20,21)15(4)16(19)18(14(2)3)13-12-17-10-8-6-7-9-11-17/h14-15H,5-13H2,1-4H3. The largest absolute Gasteiger partial charge is 0.338 e. The van der Waals surface area contributed by atoms with E-state index in [4.69, 9.17) is 0 Å². The van der Waals surface area contributed by atoms with Gasteiger partial charge >= 0.3 is 0 Å². The number of carbonyl (C=O) groups excluding carboxylic acids is 1. The zero-order valence-electron chi connectivity index (χ0n) is 14.5. The molecular weight excluding hydrogens is 300 g/mol. The van der Waals surface area contributed by atoms with Crippen LogP contribution in [0.2, 0.25) is 0 Å². The van der Waals surface area contributed by atoms with Crippen molar-refractivity contribution in [3.8, 4) is 0 Å². The van der Waals surface area contributed by atoms with E-state index in [1.54, 1.807) is 11.8 Å². The normalized spacial score (nSPS) is 19.0. The van der Waals surface area contributed by atoms with Gasteiger partial charge in [-0.25, -0.2) is 8.42 Å². The van der Waals surface area contributed by atoms with Crippen LogP contribution in [0.1, 0.15) is 53.4 Å². The lowest BCUT2D eigenvalue weighted by atomic mass is 10.2. The molecule has 1 aliphatic rings. The van der Waals surface area contributed by atoms with E-state index in [1.807, 2.05) is 13.8 Å². The first kappa shape index (κ1) is 19.4. The fourth-order valence-electron chi connectivity index (χ4n) is 2.87. The Bertz CT molecular complexity index is 440. The summed E-state index contributed by atoms with van der Waals surface area (Å²) < 4.78 is 23.9. The van der Waals surface area contributed by atoms with Crippen LogP contribution in [-0.2, 0) is 14.6 Å². The fourth-order valence-corrected chi connectivity index (χ4v) is 3.81. The van der Waals surface area contributed by atoms with Crippen LogP contribution in [0.4, 0.5) is 0 Å². The van der Waals surface area contributed by atoms with Crippen LogP contribution in [0.3, 0.4) is 0 Å². The maximum absolute atomic E-state index is 12.6. The lowest BCUT2D eigenvalue weighted by molar-refractivity contribution is -0.132. The average Bonchev–Trinajstić information content (AvgIpc) is 2.74. The molecule has 1 heterocycles. The molecule has 0 N–H and O–H groups in total. The second-order valence-corrected chi connectivity index (χ2v) is 9.09. The highest BCUT2D eigenvalue weighted by atomic mass is 32.2. The molecule has 130 valence electrons. The predicted molar refractivity (Wildman–Crippen MR) is 90.7 cm³/mol. The number of hydrogen-bond acceptors (Lipinski definition) is 4. The van der Waals surface area contributed by atoms with Gasteiger partial charge in [0.2, 0.25) is 5.91 Å². The maximum atomic E-state index is 12.6. The molecule has 1 unspecified atom stereocenters. The van der Waals surface area contributed by atoms with Crippen molar-refractivity contribution in [3.05, 3.63) is 0 Å². The molecule has 0 aromatic heterocycles. The molecule has 1 aliphatic heterocycles. The summed E-state index contributed by atoms with van der Waals surface area (Å²) in [6.45, 7) is 10.6. The summed E-state index contributed by atoms with van der Waals surface area (Å²) in [6.07, 6.45) is 5.01. The third kappa shape index (κ3) is 5.54. The first-order valence-electron chi connectivity index (χ1n) is 8.54. The molecular formula is C16H32N2O3S. The number of sulfone groups is 1. The van der Waals surface area contributed by atoms with Gasteiger partial charge in [0.15, 0.2) is 9.84 Å². The van der Waals surface area contributed by atoms with Crippen LogP contribution in [0.25, 0.3) is 0 Å². The van der Waals surface area contributed by atoms with Crippen molar-refractivity contribution in [2.45, 2.75) is 64.7 Å². The smallest absolute Gasteiger partial charge is 0.240 e. The summed E-state index contributed by atoms with van der Waals surface area (Å²) in [6, 6.07) is 0.0222. The quantitative estimate of drug-likeness (QED) is 0.715. The van der Waals surface area contributed by atoms with Gasteiger partial charge in [0, 0.05) is 24.9 Å². The molecule has 0 saturated carbocycles. The minimum atomic E-state index is -3.33. The Morgan fingerprint density at radius 2 is 1.64 bits per heavy atom. The van der Waals surface area contributed by atoms with E-state index in [0.29, 0.717) is 6.54 Å². The highest BCUT2D eigenvalue weighted by molar-refractivity contribution is 7.92. The van der Waals surface area contributed by atoms with Gasteiger partial charge in [-0.05, 0) is 46.7 Å². The molecule has 0 bridgehead atoms. The van der Waals surface area contributed by atoms with Crippen LogP contribution < -0.4 is 0 Å². The lowest BCUT2D eigenvalue weighted by Crippen LogP contribution is -2.48. The van der Waals surface area contributed by atoms with Gasteiger partial charge in [-0.3, -0.25) is 4.79 Å². The van der Waals surface area contributed by atoms with Crippen molar-refractivity contribution in [1.82, 2.24) is 9.80 Å². The molecule has 1 amide bonds. The summed E-state index contributed by atoms with van der Waals surface area (Å²) in [5.41, 5.74) is 0. The number of amides is 1. The van der Waals surface area contributed by atoms with Gasteiger partial charge in [-0.15, -0.1) is 0 Å². The van der Waals surface area contributed by atoms with E-state index in [-0.39, 0.29) is 17.7 Å². The van der Waals surface area contributed by atoms with Gasteiger partial charge in [-0.2, -0.15) is 0 Å². The van der Waals surface area contributed by atoms with Crippen LogP contribution in [0, 0.1) is 0 Å². The van der Waals surface area contributed by atoms with Crippen molar-refractivity contribution in [3.63, 3.8) is 0 Å². The van der Waals surface area contributed by atoms with Crippen molar-refractivity contribution >= 4 is 15.7 Å². The van der Waals surface area contributed by atoms with Crippen LogP contribution in [-0.4, -0.2) is 67.3 Å². The summed E-state index contributed by atoms with van der Waals surface area (Å²) >= 11 is 0. The lowest BCUT2D eigenvalue weighted by Gasteiger charge is -2.31. The Morgan fingerprint density at radius 3 is 2.09 bits per heavy atom. The van der Waals surface area contributed by atoms with Crippen molar-refractivity contribution < 1.29 is 13.2 Å². The molecule has 22 heavy (non-hydrogen) atoms. The van der Waals surface area contributed by atoms with E-state index in [9.17, 15) is 13.2 Å². The Hall–Kier alpha value is -0.620. The zero-order chi connectivity index (χ0) is 16.8. The SMILES string of the molecule is CCS(=O)(=O)C(C)C(=O)N(CCN1CCCCCC1)C(C)C. The van der Waals surface area contributed by atoms with Gasteiger partial charge in [-0.1, -0.05) is 19.8 Å². The van der Waals surface area contributed by atoms with E-state index < -0.39 is 15.1 Å². The molecule has 0 radical (unpaired) electrons. The average molecular weight is 333 g/mol. The minimum absolute atomic E-state index is 0.0119. The molecule has 1 rings (SSSR count). The predicted octanol–water partition coefficient (Wildman–Crippen LogP) is 1.92. The number of likely N-dealkylation sites (tertiary alicyclic amines) is 1. The summed E-state index contributed by atoms with van der Waals surface area (Å²) in [7, 11) is -3.33. The minimum Gasteiger partial charge on any atom is -0.338 e. The number of carbonyl (C=O) groups is 1. The summed E-state index contributed by atoms with van der Waals surface area (Å²) in [4.78, 5) is 16.7. The Labute approximate surface area is 136 Å². The molecule has 0 aromatic carbocycles. The second-order valence-electron chi connectivity index (χ2n) is 6.47. The van der Waals surface area contributed by atoms with E-state index in [1.165, 1.54) is 32.6 Å². The van der Waals surface area contributed by atoms with Crippen molar-refractivity contribution in [2.75, 3.05) is 31.9 Å². The van der Waals surface area contributed by atoms with Crippen LogP contribution in [0.5, 0.6) is 0 Å². The van der Waals surface area contributed by atoms with Crippen molar-refractivity contribution in [2.24, 2.45) is 0 Å². The molecule has 0 aromatic rings. The molecule has 6 heteroatoms. The summed E-state index contributed by atoms with van der Waals surface area (Å²) in [5.74, 6) is -0.246. The number of rotatable bonds is 7. The van der Waals surface area contributed by atoms with Crippen molar-refractivity contribution in [1.29, 1.82) is 0 Å². The first-order chi connectivity index (χ1) is 10.3. The number of hydrogen-bond donors (Lipinski definition) is 0. The monoisotopic (exact) mass is 332 g/mol. The van der Waals surface area contributed by atoms with Crippen LogP contribution >= 0.6 is 0 Å². The summed E-state index contributed by atoms with van der Waals surface area (Å²) in [5, 5.41) is -0.941. The highest BCUT2D eigenvalue weighted by Gasteiger charge is 2.31. The molecule has 1 saturated heterocycles. The fraction of sp³-hybridized carbons (Fsp3) is 0.938. The van der Waals surface area contributed by atoms with Gasteiger partial charge < -0.3 is 9.80 Å². The Kier molecular flexibility index (Phi) is 7.83. The van der Waals surface area contributed by atoms with E-state index >= 15 is 0 Å². The van der Waals surface area contributed by atoms with E-state index in [2.05, 4.69) is 4.90 Å². The maximum Gasteiger partial charge on any atom is 0.240 e. The topological polar surface area (TPSA) is 57.7 Å². The van der Waals surface area contributed by atoms with E-state index in [0.717, 1.165) is 19.6 Å². The highest BCUT2D eigenvalue weighted by Crippen LogP contribution is 2.12. The number of nitrogens with zero attached hydrogens (tertiary/aromatic N) is 2. The zero-order valence-corrected chi connectivity index (χ0v) is 15.4. The first-order valence-corrected chi connectivity index (χ1v) is 10.3. The second kappa shape index (κ2) is 8.87. The molecule has 1 fully saturated rings. The molecule has 0 aliphatic carbocycles. The van der Waals surface area contributed by atoms with Crippen LogP contribution in [0.15, 0.2) is 0 Å². The third-order valence-electron chi connectivity index (χ3n) is 4.55.